The van der Waals surface area contributed by atoms with Gasteiger partial charge in [0.1, 0.15) is 30.2 Å². The second kappa shape index (κ2) is 11.4. The summed E-state index contributed by atoms with van der Waals surface area (Å²) in [5.74, 6) is 0.776. The molecule has 0 amide bonds. The number of halogens is 3. The summed E-state index contributed by atoms with van der Waals surface area (Å²) in [5.41, 5.74) is 1.61. The van der Waals surface area contributed by atoms with Gasteiger partial charge in [-0.1, -0.05) is 0 Å². The summed E-state index contributed by atoms with van der Waals surface area (Å²) < 4.78 is 28.9. The summed E-state index contributed by atoms with van der Waals surface area (Å²) >= 11 is 0. The van der Waals surface area contributed by atoms with Crippen LogP contribution in [0.25, 0.3) is 11.2 Å². The van der Waals surface area contributed by atoms with Crippen molar-refractivity contribution in [3.8, 4) is 11.5 Å². The van der Waals surface area contributed by atoms with E-state index in [4.69, 9.17) is 9.47 Å². The number of nitrogens with one attached hydrogen (secondary N) is 1. The molecule has 6 rings (SSSR count). The molecule has 12 heteroatoms. The van der Waals surface area contributed by atoms with E-state index in [0.29, 0.717) is 60.6 Å². The molecule has 200 valence electrons. The van der Waals surface area contributed by atoms with Crippen molar-refractivity contribution in [3.05, 3.63) is 62.6 Å². The number of fused-ring (bicyclic) bond motifs is 1. The summed E-state index contributed by atoms with van der Waals surface area (Å²) in [6.07, 6.45) is 3.94. The van der Waals surface area contributed by atoms with Gasteiger partial charge in [0.05, 0.1) is 12.2 Å². The highest BCUT2D eigenvalue weighted by Crippen LogP contribution is 2.32. The number of aromatic nitrogens is 3. The summed E-state index contributed by atoms with van der Waals surface area (Å²) in [7, 11) is 0. The maximum absolute atomic E-state index is 14.5. The Morgan fingerprint density at radius 2 is 1.70 bits per heavy atom. The number of piperidine rings is 1. The molecule has 3 aliphatic rings. The second-order valence-corrected chi connectivity index (χ2v) is 9.48. The number of nitrogens with zero attached hydrogens (tertiary/aromatic N) is 4. The molecule has 0 spiro atoms. The lowest BCUT2D eigenvalue weighted by Gasteiger charge is -2.37. The lowest BCUT2D eigenvalue weighted by atomic mass is 10.0. The van der Waals surface area contributed by atoms with E-state index in [-0.39, 0.29) is 47.8 Å². The first-order valence-corrected chi connectivity index (χ1v) is 12.2. The van der Waals surface area contributed by atoms with Crippen LogP contribution in [-0.4, -0.2) is 57.9 Å². The Kier molecular flexibility index (Phi) is 8.42. The maximum atomic E-state index is 14.5. The van der Waals surface area contributed by atoms with Crippen LogP contribution in [0.2, 0.25) is 0 Å². The van der Waals surface area contributed by atoms with E-state index in [9.17, 15) is 14.0 Å². The van der Waals surface area contributed by atoms with Gasteiger partial charge in [-0.15, -0.1) is 24.8 Å². The summed E-state index contributed by atoms with van der Waals surface area (Å²) in [5, 5.41) is 3.49. The molecule has 3 aliphatic heterocycles. The molecule has 1 fully saturated rings. The number of ether oxygens (including phenoxy) is 2. The molecule has 1 atom stereocenters. The Labute approximate surface area is 225 Å². The van der Waals surface area contributed by atoms with Crippen molar-refractivity contribution >= 4 is 36.0 Å². The number of hydrogen-bond donors (Lipinski definition) is 1. The van der Waals surface area contributed by atoms with Crippen LogP contribution in [0.1, 0.15) is 30.9 Å². The number of benzene rings is 1. The molecule has 0 aliphatic carbocycles. The predicted molar refractivity (Wildman–Crippen MR) is 142 cm³/mol. The van der Waals surface area contributed by atoms with Crippen LogP contribution in [0, 0.1) is 5.82 Å². The highest BCUT2D eigenvalue weighted by atomic mass is 35.5. The van der Waals surface area contributed by atoms with Gasteiger partial charge in [0.2, 0.25) is 0 Å². The van der Waals surface area contributed by atoms with E-state index < -0.39 is 0 Å². The van der Waals surface area contributed by atoms with Crippen molar-refractivity contribution in [2.75, 3.05) is 32.8 Å². The smallest absolute Gasteiger partial charge is 0.270 e. The van der Waals surface area contributed by atoms with E-state index in [1.807, 2.05) is 0 Å². The van der Waals surface area contributed by atoms with Crippen molar-refractivity contribution in [2.24, 2.45) is 0 Å². The molecule has 0 radical (unpaired) electrons. The molecule has 2 aromatic heterocycles. The quantitative estimate of drug-likeness (QED) is 0.519. The zero-order valence-electron chi connectivity index (χ0n) is 20.2. The maximum Gasteiger partial charge on any atom is 0.270 e. The number of aryl methyl sites for hydroxylation is 1. The molecule has 1 saturated heterocycles. The topological polar surface area (TPSA) is 90.6 Å². The van der Waals surface area contributed by atoms with Crippen molar-refractivity contribution < 1.29 is 13.9 Å². The van der Waals surface area contributed by atoms with Crippen LogP contribution in [0.5, 0.6) is 11.5 Å². The molecule has 5 heterocycles. The molecule has 0 bridgehead atoms. The van der Waals surface area contributed by atoms with Crippen LogP contribution >= 0.6 is 24.8 Å². The third-order valence-electron chi connectivity index (χ3n) is 7.31. The molecule has 37 heavy (non-hydrogen) atoms. The van der Waals surface area contributed by atoms with E-state index in [1.54, 1.807) is 21.3 Å². The van der Waals surface area contributed by atoms with Gasteiger partial charge >= 0.3 is 0 Å². The van der Waals surface area contributed by atoms with Gasteiger partial charge in [-0.05, 0) is 44.5 Å². The van der Waals surface area contributed by atoms with Gasteiger partial charge in [-0.25, -0.2) is 9.37 Å². The third-order valence-corrected chi connectivity index (χ3v) is 7.31. The monoisotopic (exact) mass is 553 g/mol. The fraction of sp³-hybridized carbons (Fsp3) is 0.480. The lowest BCUT2D eigenvalue weighted by Crippen LogP contribution is -2.46. The van der Waals surface area contributed by atoms with Gasteiger partial charge in [0, 0.05) is 43.4 Å². The average Bonchev–Trinajstić information content (AvgIpc) is 2.87. The summed E-state index contributed by atoms with van der Waals surface area (Å²) in [4.78, 5) is 31.6. The Balaban J connectivity index is 0.00000160. The SMILES string of the molecule is Cl.Cl.O=c1cnc2ccc(=O)n3c2n1CCC3CN1CCC(NCc2cc3c(cc2F)OCCO3)CC1. The van der Waals surface area contributed by atoms with Crippen molar-refractivity contribution in [2.45, 2.75) is 44.4 Å². The standard InChI is InChI=1S/C25H28FN5O4.2ClH/c26-19-12-22-21(34-9-10-35-22)11-16(19)13-27-17-3-6-29(7-4-17)15-18-5-8-30-24(33)14-28-20-1-2-23(32)31(18)25(20)30;;/h1-2,11-12,14,17-18,27H,3-10,13,15H2;2*1H. The molecular formula is C25H30Cl2FN5O4. The van der Waals surface area contributed by atoms with E-state index in [1.165, 1.54) is 18.3 Å². The fourth-order valence-electron chi connectivity index (χ4n) is 5.46. The van der Waals surface area contributed by atoms with Crippen molar-refractivity contribution in [3.63, 3.8) is 0 Å². The first kappa shape index (κ1) is 27.4. The second-order valence-electron chi connectivity index (χ2n) is 9.48. The third kappa shape index (κ3) is 5.34. The average molecular weight is 554 g/mol. The molecule has 1 aromatic carbocycles. The fourth-order valence-corrected chi connectivity index (χ4v) is 5.46. The van der Waals surface area contributed by atoms with Gasteiger partial charge in [-0.2, -0.15) is 0 Å². The molecule has 1 N–H and O–H groups in total. The highest BCUT2D eigenvalue weighted by molar-refractivity contribution is 5.85. The van der Waals surface area contributed by atoms with Crippen LogP contribution in [-0.2, 0) is 13.1 Å². The number of hydrogen-bond acceptors (Lipinski definition) is 7. The van der Waals surface area contributed by atoms with Gasteiger partial charge < -0.3 is 19.7 Å². The summed E-state index contributed by atoms with van der Waals surface area (Å²) in [6.45, 7) is 4.48. The Morgan fingerprint density at radius 1 is 0.973 bits per heavy atom. The summed E-state index contributed by atoms with van der Waals surface area (Å²) in [6, 6.07) is 6.66. The van der Waals surface area contributed by atoms with E-state index in [2.05, 4.69) is 15.2 Å². The molecule has 3 aromatic rings. The van der Waals surface area contributed by atoms with Gasteiger partial charge in [0.15, 0.2) is 11.5 Å². The van der Waals surface area contributed by atoms with Gasteiger partial charge in [0.25, 0.3) is 11.1 Å². The van der Waals surface area contributed by atoms with Crippen LogP contribution in [0.3, 0.4) is 0 Å². The van der Waals surface area contributed by atoms with Gasteiger partial charge in [-0.3, -0.25) is 18.7 Å². The Hall–Kier alpha value is -2.66. The minimum absolute atomic E-state index is 0. The number of rotatable bonds is 5. The van der Waals surface area contributed by atoms with Crippen LogP contribution in [0.4, 0.5) is 4.39 Å². The highest BCUT2D eigenvalue weighted by Gasteiger charge is 2.27. The predicted octanol–water partition coefficient (Wildman–Crippen LogP) is 2.51. The molecular weight excluding hydrogens is 524 g/mol. The largest absolute Gasteiger partial charge is 0.486 e. The van der Waals surface area contributed by atoms with Crippen molar-refractivity contribution in [1.82, 2.24) is 24.3 Å². The zero-order chi connectivity index (χ0) is 23.9. The first-order valence-electron chi connectivity index (χ1n) is 12.2. The first-order chi connectivity index (χ1) is 17.1. The Bertz CT molecular complexity index is 1380. The lowest BCUT2D eigenvalue weighted by molar-refractivity contribution is 0.163. The zero-order valence-corrected chi connectivity index (χ0v) is 21.9. The minimum atomic E-state index is -0.287. The normalized spacial score (nSPS) is 19.2. The van der Waals surface area contributed by atoms with Crippen LogP contribution < -0.4 is 25.9 Å². The molecule has 9 nitrogen and oxygen atoms in total. The van der Waals surface area contributed by atoms with E-state index in [0.717, 1.165) is 38.9 Å². The minimum Gasteiger partial charge on any atom is -0.486 e. The van der Waals surface area contributed by atoms with Crippen molar-refractivity contribution in [1.29, 1.82) is 0 Å². The molecule has 0 saturated carbocycles. The number of likely N-dealkylation sites (tertiary alicyclic amines) is 1. The molecule has 1 unspecified atom stereocenters. The van der Waals surface area contributed by atoms with Crippen LogP contribution in [0.15, 0.2) is 40.1 Å². The van der Waals surface area contributed by atoms with E-state index >= 15 is 0 Å². The Morgan fingerprint density at radius 3 is 2.46 bits per heavy atom. The number of pyridine rings is 1.